The molecule has 0 unspecified atom stereocenters. The number of hydrogen-bond donors (Lipinski definition) is 0. The van der Waals surface area contributed by atoms with E-state index in [1.807, 2.05) is 0 Å². The highest BCUT2D eigenvalue weighted by Crippen LogP contribution is 2.40. The van der Waals surface area contributed by atoms with Gasteiger partial charge in [-0.1, -0.05) is 37.1 Å². The highest BCUT2D eigenvalue weighted by molar-refractivity contribution is 6.82. The van der Waals surface area contributed by atoms with E-state index in [9.17, 15) is 0 Å². The highest BCUT2D eigenvalue weighted by Gasteiger charge is 2.35. The third-order valence-electron chi connectivity index (χ3n) is 2.93. The molecular weight excluding hydrogens is 124 g/mol. The second-order valence-electron chi connectivity index (χ2n) is 3.59. The van der Waals surface area contributed by atoms with Crippen LogP contribution in [-0.2, 0) is 0 Å². The first-order valence-corrected chi connectivity index (χ1v) is 6.89. The molecule has 1 heteroatoms. The molecular formula is C8H14Si. The van der Waals surface area contributed by atoms with Crippen LogP contribution >= 0.6 is 0 Å². The molecule has 50 valence electrons. The minimum atomic E-state index is -0.580. The van der Waals surface area contributed by atoms with E-state index in [0.717, 1.165) is 0 Å². The van der Waals surface area contributed by atoms with Gasteiger partial charge < -0.3 is 0 Å². The molecule has 2 heterocycles. The van der Waals surface area contributed by atoms with Crippen LogP contribution in [0.15, 0.2) is 12.2 Å². The van der Waals surface area contributed by atoms with Gasteiger partial charge in [-0.3, -0.25) is 0 Å². The lowest BCUT2D eigenvalue weighted by atomic mass is 10.4. The van der Waals surface area contributed by atoms with Gasteiger partial charge in [0.25, 0.3) is 0 Å². The van der Waals surface area contributed by atoms with E-state index in [2.05, 4.69) is 12.2 Å². The van der Waals surface area contributed by atoms with Crippen LogP contribution in [-0.4, -0.2) is 8.07 Å². The van der Waals surface area contributed by atoms with Gasteiger partial charge in [0.2, 0.25) is 0 Å². The first kappa shape index (κ1) is 5.72. The molecule has 0 bridgehead atoms. The Bertz CT molecular complexity index is 122. The van der Waals surface area contributed by atoms with E-state index in [4.69, 9.17) is 0 Å². The minimum Gasteiger partial charge on any atom is -0.0915 e. The fourth-order valence-corrected chi connectivity index (χ4v) is 6.85. The zero-order chi connectivity index (χ0) is 6.16. The maximum atomic E-state index is 2.43. The van der Waals surface area contributed by atoms with Gasteiger partial charge in [-0.2, -0.15) is 0 Å². The molecule has 9 heavy (non-hydrogen) atoms. The standard InChI is InChI=1S/C8H14Si/c1-2-6-9(5-1)7-3-4-8-9/h1-2H,3-8H2. The van der Waals surface area contributed by atoms with Crippen molar-refractivity contribution in [3.05, 3.63) is 12.2 Å². The molecule has 0 atom stereocenters. The van der Waals surface area contributed by atoms with Crippen LogP contribution in [0.3, 0.4) is 0 Å². The van der Waals surface area contributed by atoms with Crippen molar-refractivity contribution in [2.45, 2.75) is 37.0 Å². The zero-order valence-corrected chi connectivity index (χ0v) is 6.90. The first-order chi connectivity index (χ1) is 4.41. The molecule has 0 nitrogen and oxygen atoms in total. The lowest BCUT2D eigenvalue weighted by Crippen LogP contribution is -2.24. The average Bonchev–Trinajstić information content (AvgIpc) is 2.45. The summed E-state index contributed by atoms with van der Waals surface area (Å²) < 4.78 is 0. The van der Waals surface area contributed by atoms with Crippen LogP contribution in [0, 0.1) is 0 Å². The molecule has 0 aliphatic carbocycles. The van der Waals surface area contributed by atoms with Crippen molar-refractivity contribution >= 4 is 8.07 Å². The molecule has 1 saturated heterocycles. The van der Waals surface area contributed by atoms with Crippen LogP contribution in [0.2, 0.25) is 24.2 Å². The summed E-state index contributed by atoms with van der Waals surface area (Å²) in [6.07, 6.45) is 7.96. The van der Waals surface area contributed by atoms with Crippen molar-refractivity contribution in [2.75, 3.05) is 0 Å². The molecule has 0 saturated carbocycles. The molecule has 0 aromatic heterocycles. The van der Waals surface area contributed by atoms with Crippen LogP contribution in [0.4, 0.5) is 0 Å². The largest absolute Gasteiger partial charge is 0.0915 e. The quantitative estimate of drug-likeness (QED) is 0.357. The summed E-state index contributed by atoms with van der Waals surface area (Å²) in [6.45, 7) is 0. The molecule has 1 spiro atoms. The van der Waals surface area contributed by atoms with E-state index in [1.165, 1.54) is 12.1 Å². The molecule has 2 rings (SSSR count). The molecule has 2 aliphatic rings. The lowest BCUT2D eigenvalue weighted by molar-refractivity contribution is 0.935. The van der Waals surface area contributed by atoms with Crippen molar-refractivity contribution in [2.24, 2.45) is 0 Å². The molecule has 0 aromatic carbocycles. The highest BCUT2D eigenvalue weighted by atomic mass is 28.3. The lowest BCUT2D eigenvalue weighted by Gasteiger charge is -2.17. The van der Waals surface area contributed by atoms with E-state index >= 15 is 0 Å². The third kappa shape index (κ3) is 0.876. The van der Waals surface area contributed by atoms with Gasteiger partial charge in [0.1, 0.15) is 0 Å². The monoisotopic (exact) mass is 138 g/mol. The number of rotatable bonds is 0. The fraction of sp³-hybridized carbons (Fsp3) is 0.750. The predicted molar refractivity (Wildman–Crippen MR) is 43.4 cm³/mol. The van der Waals surface area contributed by atoms with Crippen LogP contribution in [0.25, 0.3) is 0 Å². The number of hydrogen-bond acceptors (Lipinski definition) is 0. The van der Waals surface area contributed by atoms with Crippen molar-refractivity contribution in [3.63, 3.8) is 0 Å². The Kier molecular flexibility index (Phi) is 1.26. The molecule has 0 radical (unpaired) electrons. The van der Waals surface area contributed by atoms with Gasteiger partial charge >= 0.3 is 0 Å². The molecule has 1 fully saturated rings. The Morgan fingerprint density at radius 2 is 1.44 bits per heavy atom. The third-order valence-corrected chi connectivity index (χ3v) is 7.96. The van der Waals surface area contributed by atoms with E-state index in [1.54, 1.807) is 24.9 Å². The van der Waals surface area contributed by atoms with Crippen LogP contribution < -0.4 is 0 Å². The van der Waals surface area contributed by atoms with Crippen molar-refractivity contribution in [1.82, 2.24) is 0 Å². The van der Waals surface area contributed by atoms with E-state index in [0.29, 0.717) is 0 Å². The van der Waals surface area contributed by atoms with Crippen LogP contribution in [0.5, 0.6) is 0 Å². The van der Waals surface area contributed by atoms with Crippen molar-refractivity contribution in [3.8, 4) is 0 Å². The zero-order valence-electron chi connectivity index (χ0n) is 5.90. The van der Waals surface area contributed by atoms with Gasteiger partial charge in [-0.25, -0.2) is 0 Å². The topological polar surface area (TPSA) is 0 Å². The first-order valence-electron chi connectivity index (χ1n) is 4.06. The second kappa shape index (κ2) is 1.98. The normalized spacial score (nSPS) is 30.2. The fourth-order valence-electron chi connectivity index (χ4n) is 2.28. The van der Waals surface area contributed by atoms with Gasteiger partial charge in [0, 0.05) is 0 Å². The summed E-state index contributed by atoms with van der Waals surface area (Å²) in [5.74, 6) is 0. The Labute approximate surface area is 58.0 Å². The maximum Gasteiger partial charge on any atom is 0.0610 e. The van der Waals surface area contributed by atoms with Crippen molar-refractivity contribution < 1.29 is 0 Å². The Morgan fingerprint density at radius 3 is 2.00 bits per heavy atom. The van der Waals surface area contributed by atoms with Gasteiger partial charge in [-0.15, -0.1) is 0 Å². The maximum absolute atomic E-state index is 2.43. The Hall–Kier alpha value is -0.0431. The van der Waals surface area contributed by atoms with Crippen LogP contribution in [0.1, 0.15) is 12.8 Å². The summed E-state index contributed by atoms with van der Waals surface area (Å²) in [4.78, 5) is 0. The van der Waals surface area contributed by atoms with E-state index < -0.39 is 8.07 Å². The molecule has 0 N–H and O–H groups in total. The summed E-state index contributed by atoms with van der Waals surface area (Å²) in [5, 5.41) is 0. The van der Waals surface area contributed by atoms with Gasteiger partial charge in [0.05, 0.1) is 8.07 Å². The van der Waals surface area contributed by atoms with E-state index in [-0.39, 0.29) is 0 Å². The second-order valence-corrected chi connectivity index (χ2v) is 8.40. The molecule has 0 aromatic rings. The number of allylic oxidation sites excluding steroid dienone is 2. The SMILES string of the molecule is C1=CC[Si]2(C1)CCCC2. The Morgan fingerprint density at radius 1 is 0.889 bits per heavy atom. The average molecular weight is 138 g/mol. The minimum absolute atomic E-state index is 0.580. The molecule has 2 aliphatic heterocycles. The summed E-state index contributed by atoms with van der Waals surface area (Å²) in [6, 6.07) is 6.32. The summed E-state index contributed by atoms with van der Waals surface area (Å²) >= 11 is 0. The molecule has 0 amide bonds. The van der Waals surface area contributed by atoms with Gasteiger partial charge in [0.15, 0.2) is 0 Å². The Balaban J connectivity index is 2.07. The smallest absolute Gasteiger partial charge is 0.0610 e. The summed E-state index contributed by atoms with van der Waals surface area (Å²) in [5.41, 5.74) is 0. The summed E-state index contributed by atoms with van der Waals surface area (Å²) in [7, 11) is -0.580. The predicted octanol–water partition coefficient (Wildman–Crippen LogP) is 2.80. The van der Waals surface area contributed by atoms with Gasteiger partial charge in [-0.05, 0) is 12.1 Å². The van der Waals surface area contributed by atoms with Crippen molar-refractivity contribution in [1.29, 1.82) is 0 Å².